The number of nitrogens with zero attached hydrogens (tertiary/aromatic N) is 1. The Kier molecular flexibility index (Phi) is 4.05. The van der Waals surface area contributed by atoms with Crippen molar-refractivity contribution in [2.24, 2.45) is 0 Å². The van der Waals surface area contributed by atoms with Gasteiger partial charge in [0.25, 0.3) is 6.47 Å². The molecule has 0 spiro atoms. The number of esters is 1. The standard InChI is InChI=1S/C9H8ClNO4/c1-14-9(13)8-3-6(10)2-7(11-8)4-15-5-12/h2-3,5H,4H2,1H3. The van der Waals surface area contributed by atoms with Crippen LogP contribution < -0.4 is 0 Å². The molecule has 0 N–H and O–H groups in total. The van der Waals surface area contributed by atoms with Gasteiger partial charge in [0.05, 0.1) is 12.8 Å². The number of pyridine rings is 1. The molecule has 1 heterocycles. The molecule has 0 aliphatic heterocycles. The molecule has 0 amide bonds. The first-order chi connectivity index (χ1) is 7.17. The Balaban J connectivity index is 2.94. The number of halogens is 1. The molecule has 1 aromatic heterocycles. The summed E-state index contributed by atoms with van der Waals surface area (Å²) >= 11 is 5.74. The van der Waals surface area contributed by atoms with Crippen molar-refractivity contribution in [3.63, 3.8) is 0 Å². The number of hydrogen-bond donors (Lipinski definition) is 0. The van der Waals surface area contributed by atoms with E-state index < -0.39 is 5.97 Å². The first kappa shape index (κ1) is 11.5. The van der Waals surface area contributed by atoms with Crippen LogP contribution in [0.2, 0.25) is 5.02 Å². The topological polar surface area (TPSA) is 65.5 Å². The third-order valence-electron chi connectivity index (χ3n) is 1.54. The largest absolute Gasteiger partial charge is 0.464 e. The average molecular weight is 230 g/mol. The van der Waals surface area contributed by atoms with Gasteiger partial charge in [0, 0.05) is 5.02 Å². The summed E-state index contributed by atoms with van der Waals surface area (Å²) in [6.45, 7) is 0.258. The molecule has 5 nitrogen and oxygen atoms in total. The van der Waals surface area contributed by atoms with Crippen LogP contribution in [0.25, 0.3) is 0 Å². The van der Waals surface area contributed by atoms with Crippen molar-refractivity contribution >= 4 is 24.0 Å². The van der Waals surface area contributed by atoms with Crippen molar-refractivity contribution in [3.8, 4) is 0 Å². The predicted molar refractivity (Wildman–Crippen MR) is 51.4 cm³/mol. The summed E-state index contributed by atoms with van der Waals surface area (Å²) in [5.41, 5.74) is 0.462. The molecule has 0 aliphatic carbocycles. The van der Waals surface area contributed by atoms with Crippen molar-refractivity contribution in [1.29, 1.82) is 0 Å². The highest BCUT2D eigenvalue weighted by Gasteiger charge is 2.10. The Labute approximate surface area is 91.0 Å². The molecule has 0 aliphatic rings. The fourth-order valence-corrected chi connectivity index (χ4v) is 1.18. The van der Waals surface area contributed by atoms with Crippen LogP contribution in [0, 0.1) is 0 Å². The number of hydrogen-bond acceptors (Lipinski definition) is 5. The van der Waals surface area contributed by atoms with Gasteiger partial charge in [-0.1, -0.05) is 11.6 Å². The van der Waals surface area contributed by atoms with Crippen LogP contribution in [0.15, 0.2) is 12.1 Å². The molecule has 0 unspecified atom stereocenters. The molecule has 0 atom stereocenters. The van der Waals surface area contributed by atoms with Crippen molar-refractivity contribution < 1.29 is 19.1 Å². The fourth-order valence-electron chi connectivity index (χ4n) is 0.953. The highest BCUT2D eigenvalue weighted by Crippen LogP contribution is 2.13. The maximum Gasteiger partial charge on any atom is 0.356 e. The van der Waals surface area contributed by atoms with Gasteiger partial charge in [-0.25, -0.2) is 9.78 Å². The van der Waals surface area contributed by atoms with Gasteiger partial charge >= 0.3 is 5.97 Å². The van der Waals surface area contributed by atoms with Crippen molar-refractivity contribution in [2.75, 3.05) is 7.11 Å². The number of methoxy groups -OCH3 is 1. The Morgan fingerprint density at radius 1 is 1.60 bits per heavy atom. The zero-order chi connectivity index (χ0) is 11.3. The van der Waals surface area contributed by atoms with Crippen molar-refractivity contribution in [3.05, 3.63) is 28.5 Å². The van der Waals surface area contributed by atoms with E-state index in [9.17, 15) is 9.59 Å². The Hall–Kier alpha value is -1.62. The monoisotopic (exact) mass is 229 g/mol. The predicted octanol–water partition coefficient (Wildman–Crippen LogP) is 1.19. The van der Waals surface area contributed by atoms with Gasteiger partial charge in [-0.05, 0) is 12.1 Å². The summed E-state index contributed by atoms with van der Waals surface area (Å²) in [5.74, 6) is -0.593. The first-order valence-electron chi connectivity index (χ1n) is 3.97. The van der Waals surface area contributed by atoms with Crippen LogP contribution in [0.3, 0.4) is 0 Å². The van der Waals surface area contributed by atoms with Gasteiger partial charge in [-0.15, -0.1) is 0 Å². The van der Waals surface area contributed by atoms with Crippen LogP contribution in [-0.2, 0) is 20.9 Å². The first-order valence-corrected chi connectivity index (χ1v) is 4.35. The number of carbonyl (C=O) groups excluding carboxylic acids is 2. The normalized spacial score (nSPS) is 9.47. The zero-order valence-electron chi connectivity index (χ0n) is 7.90. The lowest BCUT2D eigenvalue weighted by Gasteiger charge is -2.03. The van der Waals surface area contributed by atoms with E-state index in [1.54, 1.807) is 0 Å². The number of rotatable bonds is 4. The third-order valence-corrected chi connectivity index (χ3v) is 1.76. The molecule has 0 saturated heterocycles. The van der Waals surface area contributed by atoms with E-state index in [0.29, 0.717) is 17.2 Å². The second-order valence-electron chi connectivity index (χ2n) is 2.56. The van der Waals surface area contributed by atoms with E-state index in [1.165, 1.54) is 19.2 Å². The minimum atomic E-state index is -0.593. The van der Waals surface area contributed by atoms with E-state index in [0.717, 1.165) is 0 Å². The Morgan fingerprint density at radius 3 is 2.93 bits per heavy atom. The lowest BCUT2D eigenvalue weighted by atomic mass is 10.3. The zero-order valence-corrected chi connectivity index (χ0v) is 8.65. The van der Waals surface area contributed by atoms with Crippen LogP contribution >= 0.6 is 11.6 Å². The maximum absolute atomic E-state index is 11.1. The summed E-state index contributed by atoms with van der Waals surface area (Å²) in [4.78, 5) is 25.0. The molecule has 0 fully saturated rings. The summed E-state index contributed by atoms with van der Waals surface area (Å²) in [5, 5.41) is 0.329. The molecule has 6 heteroatoms. The molecule has 0 bridgehead atoms. The minimum absolute atomic E-state index is 0.0337. The second-order valence-corrected chi connectivity index (χ2v) is 3.00. The molecular formula is C9H8ClNO4. The average Bonchev–Trinajstić information content (AvgIpc) is 2.24. The van der Waals surface area contributed by atoms with Crippen molar-refractivity contribution in [2.45, 2.75) is 6.61 Å². The Bertz CT molecular complexity index is 380. The van der Waals surface area contributed by atoms with Gasteiger partial charge in [0.2, 0.25) is 0 Å². The molecule has 80 valence electrons. The van der Waals surface area contributed by atoms with Crippen LogP contribution in [0.4, 0.5) is 0 Å². The van der Waals surface area contributed by atoms with Gasteiger partial charge < -0.3 is 9.47 Å². The van der Waals surface area contributed by atoms with E-state index in [-0.39, 0.29) is 12.3 Å². The molecule has 15 heavy (non-hydrogen) atoms. The van der Waals surface area contributed by atoms with E-state index in [4.69, 9.17) is 11.6 Å². The van der Waals surface area contributed by atoms with Gasteiger partial charge in [0.1, 0.15) is 12.3 Å². The molecule has 1 rings (SSSR count). The smallest absolute Gasteiger partial charge is 0.356 e. The molecule has 0 radical (unpaired) electrons. The van der Waals surface area contributed by atoms with E-state index in [1.807, 2.05) is 0 Å². The Morgan fingerprint density at radius 2 is 2.33 bits per heavy atom. The molecule has 0 saturated carbocycles. The molecule has 1 aromatic rings. The number of ether oxygens (including phenoxy) is 2. The van der Waals surface area contributed by atoms with Gasteiger partial charge in [-0.2, -0.15) is 0 Å². The highest BCUT2D eigenvalue weighted by molar-refractivity contribution is 6.30. The van der Waals surface area contributed by atoms with Crippen molar-refractivity contribution in [1.82, 2.24) is 4.98 Å². The summed E-state index contributed by atoms with van der Waals surface area (Å²) in [6, 6.07) is 2.87. The quantitative estimate of drug-likeness (QED) is 0.573. The van der Waals surface area contributed by atoms with E-state index in [2.05, 4.69) is 14.5 Å². The summed E-state index contributed by atoms with van der Waals surface area (Å²) in [6.07, 6.45) is 0. The maximum atomic E-state index is 11.1. The number of aromatic nitrogens is 1. The van der Waals surface area contributed by atoms with Gasteiger partial charge in [0.15, 0.2) is 0 Å². The van der Waals surface area contributed by atoms with Crippen LogP contribution in [0.1, 0.15) is 16.2 Å². The summed E-state index contributed by atoms with van der Waals surface area (Å²) in [7, 11) is 1.24. The van der Waals surface area contributed by atoms with Crippen LogP contribution in [0.5, 0.6) is 0 Å². The molecule has 0 aromatic carbocycles. The minimum Gasteiger partial charge on any atom is -0.464 e. The SMILES string of the molecule is COC(=O)c1cc(Cl)cc(COC=O)n1. The summed E-state index contributed by atoms with van der Waals surface area (Å²) < 4.78 is 8.97. The second kappa shape index (κ2) is 5.31. The van der Waals surface area contributed by atoms with Crippen LogP contribution in [-0.4, -0.2) is 24.5 Å². The lowest BCUT2D eigenvalue weighted by molar-refractivity contribution is -0.129. The number of carbonyl (C=O) groups is 2. The third kappa shape index (κ3) is 3.21. The van der Waals surface area contributed by atoms with E-state index >= 15 is 0 Å². The van der Waals surface area contributed by atoms with Gasteiger partial charge in [-0.3, -0.25) is 4.79 Å². The molecular weight excluding hydrogens is 222 g/mol. The highest BCUT2D eigenvalue weighted by atomic mass is 35.5. The lowest BCUT2D eigenvalue weighted by Crippen LogP contribution is -2.06. The fraction of sp³-hybridized carbons (Fsp3) is 0.222.